The van der Waals surface area contributed by atoms with E-state index in [1.54, 1.807) is 7.11 Å². The maximum absolute atomic E-state index is 5.10. The molecule has 0 radical (unpaired) electrons. The third-order valence-corrected chi connectivity index (χ3v) is 2.52. The van der Waals surface area contributed by atoms with E-state index in [0.29, 0.717) is 6.04 Å². The fraction of sp³-hybridized carbons (Fsp3) is 0.500. The standard InChI is InChI=1S/C12H19NO/c1-10(13-2)4-5-11-6-8-12(14-3)9-7-11/h6-10,13H,4-5H2,1-3H3/t10-/m0/s1. The number of rotatable bonds is 5. The first-order chi connectivity index (χ1) is 6.76. The van der Waals surface area contributed by atoms with Gasteiger partial charge >= 0.3 is 0 Å². The minimum atomic E-state index is 0.581. The van der Waals surface area contributed by atoms with Gasteiger partial charge in [-0.1, -0.05) is 12.1 Å². The third-order valence-electron chi connectivity index (χ3n) is 2.52. The molecule has 2 nitrogen and oxygen atoms in total. The van der Waals surface area contributed by atoms with E-state index in [1.807, 2.05) is 19.2 Å². The molecule has 78 valence electrons. The van der Waals surface area contributed by atoms with E-state index in [1.165, 1.54) is 12.0 Å². The van der Waals surface area contributed by atoms with Crippen molar-refractivity contribution in [2.45, 2.75) is 25.8 Å². The maximum atomic E-state index is 5.10. The molecule has 0 saturated carbocycles. The highest BCUT2D eigenvalue weighted by Crippen LogP contribution is 2.12. The van der Waals surface area contributed by atoms with Crippen molar-refractivity contribution < 1.29 is 4.74 Å². The number of ether oxygens (including phenoxy) is 1. The van der Waals surface area contributed by atoms with Crippen LogP contribution in [0.4, 0.5) is 0 Å². The summed E-state index contributed by atoms with van der Waals surface area (Å²) in [6, 6.07) is 8.86. The fourth-order valence-electron chi connectivity index (χ4n) is 1.32. The Hall–Kier alpha value is -1.02. The molecular weight excluding hydrogens is 174 g/mol. The molecule has 1 N–H and O–H groups in total. The largest absolute Gasteiger partial charge is 0.497 e. The van der Waals surface area contributed by atoms with E-state index in [4.69, 9.17) is 4.74 Å². The Morgan fingerprint density at radius 2 is 1.93 bits per heavy atom. The number of aryl methyl sites for hydroxylation is 1. The summed E-state index contributed by atoms with van der Waals surface area (Å²) in [5, 5.41) is 3.23. The molecule has 0 unspecified atom stereocenters. The van der Waals surface area contributed by atoms with Crippen molar-refractivity contribution in [1.82, 2.24) is 5.32 Å². The molecule has 14 heavy (non-hydrogen) atoms. The summed E-state index contributed by atoms with van der Waals surface area (Å²) in [5.41, 5.74) is 1.37. The van der Waals surface area contributed by atoms with Crippen LogP contribution in [0, 0.1) is 0 Å². The summed E-state index contributed by atoms with van der Waals surface area (Å²) < 4.78 is 5.10. The van der Waals surface area contributed by atoms with Crippen LogP contribution in [-0.2, 0) is 6.42 Å². The molecule has 0 heterocycles. The molecule has 0 spiro atoms. The Morgan fingerprint density at radius 1 is 1.29 bits per heavy atom. The molecular formula is C12H19NO. The molecule has 0 amide bonds. The zero-order valence-electron chi connectivity index (χ0n) is 9.21. The van der Waals surface area contributed by atoms with Crippen LogP contribution < -0.4 is 10.1 Å². The first-order valence-electron chi connectivity index (χ1n) is 5.06. The molecule has 1 aromatic rings. The molecule has 0 fully saturated rings. The normalized spacial score (nSPS) is 12.5. The summed E-state index contributed by atoms with van der Waals surface area (Å²) >= 11 is 0. The second kappa shape index (κ2) is 5.66. The molecule has 2 heteroatoms. The monoisotopic (exact) mass is 193 g/mol. The summed E-state index contributed by atoms with van der Waals surface area (Å²) in [4.78, 5) is 0. The van der Waals surface area contributed by atoms with E-state index < -0.39 is 0 Å². The van der Waals surface area contributed by atoms with Crippen molar-refractivity contribution in [3.63, 3.8) is 0 Å². The lowest BCUT2D eigenvalue weighted by atomic mass is 10.1. The highest BCUT2D eigenvalue weighted by Gasteiger charge is 1.99. The predicted molar refractivity (Wildman–Crippen MR) is 59.8 cm³/mol. The number of methoxy groups -OCH3 is 1. The molecule has 0 bridgehead atoms. The Kier molecular flexibility index (Phi) is 4.47. The van der Waals surface area contributed by atoms with Gasteiger partial charge in [-0.2, -0.15) is 0 Å². The second-order valence-electron chi connectivity index (χ2n) is 3.58. The van der Waals surface area contributed by atoms with Gasteiger partial charge in [0.1, 0.15) is 5.75 Å². The minimum absolute atomic E-state index is 0.581. The van der Waals surface area contributed by atoms with E-state index in [0.717, 1.165) is 12.2 Å². The van der Waals surface area contributed by atoms with E-state index in [9.17, 15) is 0 Å². The molecule has 1 atom stereocenters. The molecule has 1 rings (SSSR count). The van der Waals surface area contributed by atoms with Gasteiger partial charge in [0.25, 0.3) is 0 Å². The SMILES string of the molecule is CN[C@@H](C)CCc1ccc(OC)cc1. The van der Waals surface area contributed by atoms with E-state index in [-0.39, 0.29) is 0 Å². The first kappa shape index (κ1) is 11.1. The van der Waals surface area contributed by atoms with Crippen molar-refractivity contribution >= 4 is 0 Å². The molecule has 0 aromatic heterocycles. The van der Waals surface area contributed by atoms with Gasteiger partial charge in [-0.05, 0) is 44.5 Å². The van der Waals surface area contributed by atoms with Crippen molar-refractivity contribution in [3.8, 4) is 5.75 Å². The van der Waals surface area contributed by atoms with Gasteiger partial charge in [0.05, 0.1) is 7.11 Å². The van der Waals surface area contributed by atoms with Crippen molar-refractivity contribution in [2.24, 2.45) is 0 Å². The van der Waals surface area contributed by atoms with Crippen LogP contribution >= 0.6 is 0 Å². The third kappa shape index (κ3) is 3.38. The van der Waals surface area contributed by atoms with Gasteiger partial charge in [0, 0.05) is 6.04 Å². The zero-order chi connectivity index (χ0) is 10.4. The summed E-state index contributed by atoms with van der Waals surface area (Å²) in [6.07, 6.45) is 2.29. The lowest BCUT2D eigenvalue weighted by molar-refractivity contribution is 0.414. The molecule has 0 aliphatic heterocycles. The Morgan fingerprint density at radius 3 is 2.43 bits per heavy atom. The maximum Gasteiger partial charge on any atom is 0.118 e. The Bertz CT molecular complexity index is 256. The van der Waals surface area contributed by atoms with Crippen molar-refractivity contribution in [2.75, 3.05) is 14.2 Å². The van der Waals surface area contributed by atoms with Crippen LogP contribution in [0.25, 0.3) is 0 Å². The topological polar surface area (TPSA) is 21.3 Å². The fourth-order valence-corrected chi connectivity index (χ4v) is 1.32. The van der Waals surface area contributed by atoms with Crippen LogP contribution in [0.3, 0.4) is 0 Å². The first-order valence-corrected chi connectivity index (χ1v) is 5.06. The van der Waals surface area contributed by atoms with Crippen molar-refractivity contribution in [1.29, 1.82) is 0 Å². The van der Waals surface area contributed by atoms with Gasteiger partial charge in [-0.15, -0.1) is 0 Å². The number of hydrogen-bond donors (Lipinski definition) is 1. The number of hydrogen-bond acceptors (Lipinski definition) is 2. The van der Waals surface area contributed by atoms with E-state index >= 15 is 0 Å². The predicted octanol–water partition coefficient (Wildman–Crippen LogP) is 2.24. The van der Waals surface area contributed by atoms with E-state index in [2.05, 4.69) is 24.4 Å². The molecule has 0 aliphatic carbocycles. The number of nitrogens with one attached hydrogen (secondary N) is 1. The minimum Gasteiger partial charge on any atom is -0.497 e. The van der Waals surface area contributed by atoms with Gasteiger partial charge in [0.2, 0.25) is 0 Å². The van der Waals surface area contributed by atoms with Crippen LogP contribution in [-0.4, -0.2) is 20.2 Å². The zero-order valence-corrected chi connectivity index (χ0v) is 9.21. The van der Waals surface area contributed by atoms with Crippen LogP contribution in [0.2, 0.25) is 0 Å². The van der Waals surface area contributed by atoms with Crippen LogP contribution in [0.15, 0.2) is 24.3 Å². The number of benzene rings is 1. The lowest BCUT2D eigenvalue weighted by Crippen LogP contribution is -2.21. The average Bonchev–Trinajstić information content (AvgIpc) is 2.26. The van der Waals surface area contributed by atoms with Gasteiger partial charge in [-0.25, -0.2) is 0 Å². The van der Waals surface area contributed by atoms with Crippen molar-refractivity contribution in [3.05, 3.63) is 29.8 Å². The second-order valence-corrected chi connectivity index (χ2v) is 3.58. The van der Waals surface area contributed by atoms with Crippen LogP contribution in [0.1, 0.15) is 18.9 Å². The quantitative estimate of drug-likeness (QED) is 0.774. The average molecular weight is 193 g/mol. The van der Waals surface area contributed by atoms with Gasteiger partial charge in [0.15, 0.2) is 0 Å². The Balaban J connectivity index is 2.43. The Labute approximate surface area is 86.3 Å². The smallest absolute Gasteiger partial charge is 0.118 e. The van der Waals surface area contributed by atoms with Crippen LogP contribution in [0.5, 0.6) is 5.75 Å². The molecule has 0 aliphatic rings. The summed E-state index contributed by atoms with van der Waals surface area (Å²) in [5.74, 6) is 0.926. The molecule has 1 aromatic carbocycles. The van der Waals surface area contributed by atoms with Gasteiger partial charge in [-0.3, -0.25) is 0 Å². The highest BCUT2D eigenvalue weighted by atomic mass is 16.5. The lowest BCUT2D eigenvalue weighted by Gasteiger charge is -2.09. The summed E-state index contributed by atoms with van der Waals surface area (Å²) in [6.45, 7) is 2.20. The highest BCUT2D eigenvalue weighted by molar-refractivity contribution is 5.27. The molecule has 0 saturated heterocycles. The van der Waals surface area contributed by atoms with Gasteiger partial charge < -0.3 is 10.1 Å². The summed E-state index contributed by atoms with van der Waals surface area (Å²) in [7, 11) is 3.69.